The highest BCUT2D eigenvalue weighted by Crippen LogP contribution is 2.30. The zero-order valence-electron chi connectivity index (χ0n) is 11.8. The Hall–Kier alpha value is -1.80. The first kappa shape index (κ1) is 13.2. The van der Waals surface area contributed by atoms with Gasteiger partial charge in [0.05, 0.1) is 12.1 Å². The van der Waals surface area contributed by atoms with Gasteiger partial charge >= 0.3 is 0 Å². The molecular weight excluding hydrogens is 246 g/mol. The molecule has 0 saturated carbocycles. The normalized spacial score (nSPS) is 19.0. The maximum absolute atomic E-state index is 10.6. The lowest BCUT2D eigenvalue weighted by atomic mass is 9.91. The number of aryl methyl sites for hydroxylation is 2. The lowest BCUT2D eigenvalue weighted by molar-refractivity contribution is 0.149. The van der Waals surface area contributed by atoms with Gasteiger partial charge in [0, 0.05) is 5.69 Å². The SMILES string of the molecule is CCc1ccc(C(O)C2CCc3ccccc3N2)cc1. The molecule has 0 spiro atoms. The molecule has 0 saturated heterocycles. The first-order valence-corrected chi connectivity index (χ1v) is 7.39. The quantitative estimate of drug-likeness (QED) is 0.888. The largest absolute Gasteiger partial charge is 0.386 e. The number of hydrogen-bond acceptors (Lipinski definition) is 2. The van der Waals surface area contributed by atoms with Gasteiger partial charge < -0.3 is 10.4 Å². The zero-order valence-corrected chi connectivity index (χ0v) is 11.8. The molecule has 2 aromatic carbocycles. The van der Waals surface area contributed by atoms with Crippen molar-refractivity contribution in [3.05, 3.63) is 65.2 Å². The van der Waals surface area contributed by atoms with Crippen molar-refractivity contribution in [1.29, 1.82) is 0 Å². The average molecular weight is 267 g/mol. The predicted molar refractivity (Wildman–Crippen MR) is 83.0 cm³/mol. The third-order valence-electron chi connectivity index (χ3n) is 4.19. The molecule has 3 rings (SSSR count). The number of benzene rings is 2. The Kier molecular flexibility index (Phi) is 3.75. The van der Waals surface area contributed by atoms with Crippen LogP contribution >= 0.6 is 0 Å². The minimum absolute atomic E-state index is 0.0948. The van der Waals surface area contributed by atoms with E-state index >= 15 is 0 Å². The molecule has 2 N–H and O–H groups in total. The van der Waals surface area contributed by atoms with E-state index in [9.17, 15) is 5.11 Å². The summed E-state index contributed by atoms with van der Waals surface area (Å²) >= 11 is 0. The molecular formula is C18H21NO. The van der Waals surface area contributed by atoms with Crippen LogP contribution in [0.5, 0.6) is 0 Å². The molecule has 0 bridgehead atoms. The van der Waals surface area contributed by atoms with Crippen LogP contribution in [0.2, 0.25) is 0 Å². The van der Waals surface area contributed by atoms with Crippen LogP contribution in [0, 0.1) is 0 Å². The van der Waals surface area contributed by atoms with Gasteiger partial charge in [-0.05, 0) is 42.0 Å². The first-order valence-electron chi connectivity index (χ1n) is 7.39. The molecule has 0 radical (unpaired) electrons. The summed E-state index contributed by atoms with van der Waals surface area (Å²) < 4.78 is 0. The topological polar surface area (TPSA) is 32.3 Å². The first-order chi connectivity index (χ1) is 9.78. The molecule has 2 nitrogen and oxygen atoms in total. The molecule has 2 unspecified atom stereocenters. The number of nitrogens with one attached hydrogen (secondary N) is 1. The lowest BCUT2D eigenvalue weighted by Crippen LogP contribution is -2.31. The number of hydrogen-bond donors (Lipinski definition) is 2. The summed E-state index contributed by atoms with van der Waals surface area (Å²) in [7, 11) is 0. The van der Waals surface area contributed by atoms with E-state index < -0.39 is 6.10 Å². The van der Waals surface area contributed by atoms with Crippen molar-refractivity contribution >= 4 is 5.69 Å². The molecule has 0 aliphatic carbocycles. The van der Waals surface area contributed by atoms with Crippen molar-refractivity contribution in [2.24, 2.45) is 0 Å². The second-order valence-electron chi connectivity index (χ2n) is 5.49. The van der Waals surface area contributed by atoms with E-state index in [1.165, 1.54) is 11.1 Å². The summed E-state index contributed by atoms with van der Waals surface area (Å²) in [5.41, 5.74) is 4.81. The predicted octanol–water partition coefficient (Wildman–Crippen LogP) is 3.71. The van der Waals surface area contributed by atoms with E-state index in [4.69, 9.17) is 0 Å². The van der Waals surface area contributed by atoms with Gasteiger partial charge in [-0.3, -0.25) is 0 Å². The van der Waals surface area contributed by atoms with Gasteiger partial charge in [-0.2, -0.15) is 0 Å². The van der Waals surface area contributed by atoms with Crippen LogP contribution in [0.4, 0.5) is 5.69 Å². The molecule has 2 heteroatoms. The highest BCUT2D eigenvalue weighted by atomic mass is 16.3. The Balaban J connectivity index is 1.76. The van der Waals surface area contributed by atoms with Crippen LogP contribution in [0.1, 0.15) is 36.1 Å². The molecule has 2 aromatic rings. The molecule has 2 atom stereocenters. The number of anilines is 1. The van der Waals surface area contributed by atoms with Crippen molar-refractivity contribution in [3.8, 4) is 0 Å². The summed E-state index contributed by atoms with van der Waals surface area (Å²) in [6.07, 6.45) is 2.58. The number of rotatable bonds is 3. The summed E-state index contributed by atoms with van der Waals surface area (Å²) in [6, 6.07) is 16.8. The highest BCUT2D eigenvalue weighted by Gasteiger charge is 2.24. The van der Waals surface area contributed by atoms with Gasteiger partial charge in [-0.1, -0.05) is 49.4 Å². The molecule has 1 aliphatic heterocycles. The third kappa shape index (κ3) is 2.56. The zero-order chi connectivity index (χ0) is 13.9. The minimum Gasteiger partial charge on any atom is -0.386 e. The number of aliphatic hydroxyl groups excluding tert-OH is 1. The molecule has 104 valence electrons. The van der Waals surface area contributed by atoms with Crippen molar-refractivity contribution in [2.45, 2.75) is 38.3 Å². The van der Waals surface area contributed by atoms with Crippen LogP contribution in [0.25, 0.3) is 0 Å². The van der Waals surface area contributed by atoms with E-state index in [0.29, 0.717) is 0 Å². The average Bonchev–Trinajstić information content (AvgIpc) is 2.54. The molecule has 1 heterocycles. The Bertz CT molecular complexity index is 576. The van der Waals surface area contributed by atoms with E-state index in [0.717, 1.165) is 30.5 Å². The van der Waals surface area contributed by atoms with E-state index in [2.05, 4.69) is 42.6 Å². The Morgan fingerprint density at radius 1 is 1.15 bits per heavy atom. The fraction of sp³-hybridized carbons (Fsp3) is 0.333. The smallest absolute Gasteiger partial charge is 0.0991 e. The van der Waals surface area contributed by atoms with Gasteiger partial charge in [0.2, 0.25) is 0 Å². The number of para-hydroxylation sites is 1. The monoisotopic (exact) mass is 267 g/mol. The van der Waals surface area contributed by atoms with E-state index in [1.54, 1.807) is 0 Å². The fourth-order valence-corrected chi connectivity index (χ4v) is 2.88. The van der Waals surface area contributed by atoms with Crippen LogP contribution in [-0.2, 0) is 12.8 Å². The van der Waals surface area contributed by atoms with Crippen molar-refractivity contribution in [2.75, 3.05) is 5.32 Å². The van der Waals surface area contributed by atoms with Crippen LogP contribution < -0.4 is 5.32 Å². The maximum atomic E-state index is 10.6. The minimum atomic E-state index is -0.450. The summed E-state index contributed by atoms with van der Waals surface area (Å²) in [5, 5.41) is 14.0. The van der Waals surface area contributed by atoms with Crippen LogP contribution in [0.15, 0.2) is 48.5 Å². The van der Waals surface area contributed by atoms with Crippen molar-refractivity contribution in [3.63, 3.8) is 0 Å². The van der Waals surface area contributed by atoms with E-state index in [-0.39, 0.29) is 6.04 Å². The van der Waals surface area contributed by atoms with Gasteiger partial charge in [-0.15, -0.1) is 0 Å². The van der Waals surface area contributed by atoms with Gasteiger partial charge in [0.25, 0.3) is 0 Å². The fourth-order valence-electron chi connectivity index (χ4n) is 2.88. The van der Waals surface area contributed by atoms with Gasteiger partial charge in [0.1, 0.15) is 0 Å². The Morgan fingerprint density at radius 3 is 2.65 bits per heavy atom. The third-order valence-corrected chi connectivity index (χ3v) is 4.19. The summed E-state index contributed by atoms with van der Waals surface area (Å²) in [4.78, 5) is 0. The van der Waals surface area contributed by atoms with Crippen LogP contribution in [0.3, 0.4) is 0 Å². The van der Waals surface area contributed by atoms with Crippen molar-refractivity contribution < 1.29 is 5.11 Å². The maximum Gasteiger partial charge on any atom is 0.0991 e. The Morgan fingerprint density at radius 2 is 1.90 bits per heavy atom. The molecule has 0 aromatic heterocycles. The molecule has 20 heavy (non-hydrogen) atoms. The van der Waals surface area contributed by atoms with E-state index in [1.807, 2.05) is 18.2 Å². The molecule has 0 amide bonds. The molecule has 1 aliphatic rings. The lowest BCUT2D eigenvalue weighted by Gasteiger charge is -2.30. The second-order valence-corrected chi connectivity index (χ2v) is 5.49. The summed E-state index contributed by atoms with van der Waals surface area (Å²) in [6.45, 7) is 2.14. The second kappa shape index (κ2) is 5.68. The summed E-state index contributed by atoms with van der Waals surface area (Å²) in [5.74, 6) is 0. The standard InChI is InChI=1S/C18H21NO/c1-2-13-7-9-15(10-8-13)18(20)17-12-11-14-5-3-4-6-16(14)19-17/h3-10,17-20H,2,11-12H2,1H3. The van der Waals surface area contributed by atoms with Gasteiger partial charge in [0.15, 0.2) is 0 Å². The van der Waals surface area contributed by atoms with Gasteiger partial charge in [-0.25, -0.2) is 0 Å². The highest BCUT2D eigenvalue weighted by molar-refractivity contribution is 5.54. The Labute approximate surface area is 120 Å². The number of fused-ring (bicyclic) bond motifs is 1. The number of aliphatic hydroxyl groups is 1. The van der Waals surface area contributed by atoms with Crippen molar-refractivity contribution in [1.82, 2.24) is 0 Å². The molecule has 0 fully saturated rings. The van der Waals surface area contributed by atoms with Crippen LogP contribution in [-0.4, -0.2) is 11.1 Å².